The van der Waals surface area contributed by atoms with Crippen molar-refractivity contribution in [1.82, 2.24) is 0 Å². The fourth-order valence-electron chi connectivity index (χ4n) is 1.17. The Hall–Kier alpha value is -2.54. The molecule has 0 saturated heterocycles. The Kier molecular flexibility index (Phi) is 6.19. The van der Waals surface area contributed by atoms with Crippen LogP contribution >= 0.6 is 0 Å². The van der Waals surface area contributed by atoms with E-state index in [1.807, 2.05) is 0 Å². The lowest BCUT2D eigenvalue weighted by Crippen LogP contribution is -2.44. The molecule has 14 heteroatoms. The summed E-state index contributed by atoms with van der Waals surface area (Å²) in [5.41, 5.74) is -5.98. The number of Topliss-reactive ketones (excluding diaryl/α,β-unsaturated/α-hetero) is 2. The van der Waals surface area contributed by atoms with Crippen LogP contribution in [-0.2, 0) is 19.2 Å². The summed E-state index contributed by atoms with van der Waals surface area (Å²) < 4.78 is 99.5. The standard InChI is InChI=1S/C10H4F8O6/c11-7(12)9(15,16)3(19)1(5(21)22)2(6(23)24)4(20)10(17,18)8(13)14/h7-8H,(H,21,22)(H,23,24)/b2-1-. The number of hydrogen-bond donors (Lipinski definition) is 2. The van der Waals surface area contributed by atoms with E-state index >= 15 is 0 Å². The number of rotatable bonds is 8. The van der Waals surface area contributed by atoms with Gasteiger partial charge in [-0.05, 0) is 0 Å². The Morgan fingerprint density at radius 3 is 0.958 bits per heavy atom. The summed E-state index contributed by atoms with van der Waals surface area (Å²) >= 11 is 0. The van der Waals surface area contributed by atoms with Crippen molar-refractivity contribution in [3.05, 3.63) is 11.1 Å². The Balaban J connectivity index is 6.66. The molecular formula is C10H4F8O6. The van der Waals surface area contributed by atoms with Crippen molar-refractivity contribution < 1.29 is 64.5 Å². The van der Waals surface area contributed by atoms with Crippen molar-refractivity contribution in [1.29, 1.82) is 0 Å². The Morgan fingerprint density at radius 1 is 0.625 bits per heavy atom. The van der Waals surface area contributed by atoms with Gasteiger partial charge in [-0.3, -0.25) is 9.59 Å². The average molecular weight is 372 g/mol. The van der Waals surface area contributed by atoms with E-state index in [4.69, 9.17) is 10.2 Å². The zero-order chi connectivity index (χ0) is 19.6. The van der Waals surface area contributed by atoms with Gasteiger partial charge in [0.1, 0.15) is 11.1 Å². The molecule has 0 bridgehead atoms. The summed E-state index contributed by atoms with van der Waals surface area (Å²) in [6.07, 6.45) is -9.81. The van der Waals surface area contributed by atoms with Crippen LogP contribution in [0.2, 0.25) is 0 Å². The van der Waals surface area contributed by atoms with E-state index in [0.29, 0.717) is 0 Å². The number of carboxylic acid groups (broad SMARTS) is 2. The third kappa shape index (κ3) is 3.86. The first-order valence-electron chi connectivity index (χ1n) is 5.22. The molecule has 0 saturated carbocycles. The van der Waals surface area contributed by atoms with Crippen LogP contribution in [0.4, 0.5) is 35.1 Å². The first-order chi connectivity index (χ1) is 10.6. The molecule has 136 valence electrons. The van der Waals surface area contributed by atoms with Gasteiger partial charge in [-0.2, -0.15) is 17.6 Å². The molecule has 24 heavy (non-hydrogen) atoms. The largest absolute Gasteiger partial charge is 0.478 e. The second-order valence-electron chi connectivity index (χ2n) is 3.87. The van der Waals surface area contributed by atoms with Gasteiger partial charge in [0.25, 0.3) is 0 Å². The highest BCUT2D eigenvalue weighted by Crippen LogP contribution is 2.32. The molecular weight excluding hydrogens is 368 g/mol. The minimum Gasteiger partial charge on any atom is -0.478 e. The van der Waals surface area contributed by atoms with Gasteiger partial charge in [-0.25, -0.2) is 27.2 Å². The molecule has 0 unspecified atom stereocenters. The van der Waals surface area contributed by atoms with E-state index in [9.17, 15) is 54.3 Å². The van der Waals surface area contributed by atoms with E-state index < -0.39 is 59.3 Å². The van der Waals surface area contributed by atoms with E-state index in [-0.39, 0.29) is 0 Å². The maximum atomic E-state index is 12.9. The number of carboxylic acids is 2. The summed E-state index contributed by atoms with van der Waals surface area (Å²) in [5.74, 6) is -25.0. The minimum absolute atomic E-state index is 2.99. The summed E-state index contributed by atoms with van der Waals surface area (Å²) in [5, 5.41) is 16.9. The van der Waals surface area contributed by atoms with Gasteiger partial charge in [-0.15, -0.1) is 0 Å². The molecule has 0 aromatic heterocycles. The monoisotopic (exact) mass is 372 g/mol. The van der Waals surface area contributed by atoms with Crippen molar-refractivity contribution in [3.63, 3.8) is 0 Å². The van der Waals surface area contributed by atoms with Crippen molar-refractivity contribution in [3.8, 4) is 0 Å². The van der Waals surface area contributed by atoms with E-state index in [1.54, 1.807) is 0 Å². The normalized spacial score (nSPS) is 13.8. The van der Waals surface area contributed by atoms with Crippen LogP contribution < -0.4 is 0 Å². The van der Waals surface area contributed by atoms with Crippen LogP contribution in [0.5, 0.6) is 0 Å². The van der Waals surface area contributed by atoms with Crippen LogP contribution in [0.1, 0.15) is 0 Å². The number of carbonyl (C=O) groups excluding carboxylic acids is 2. The molecule has 0 amide bonds. The molecule has 0 aliphatic heterocycles. The number of alkyl halides is 8. The van der Waals surface area contributed by atoms with Crippen LogP contribution in [0.25, 0.3) is 0 Å². The number of hydrogen-bond acceptors (Lipinski definition) is 4. The fraction of sp³-hybridized carbons (Fsp3) is 0.400. The number of halogens is 8. The van der Waals surface area contributed by atoms with Gasteiger partial charge in [-0.1, -0.05) is 0 Å². The lowest BCUT2D eigenvalue weighted by molar-refractivity contribution is -0.168. The van der Waals surface area contributed by atoms with Crippen molar-refractivity contribution in [2.75, 3.05) is 0 Å². The predicted octanol–water partition coefficient (Wildman–Crippen LogP) is 1.39. The van der Waals surface area contributed by atoms with Crippen LogP contribution in [0.15, 0.2) is 11.1 Å². The first-order valence-corrected chi connectivity index (χ1v) is 5.22. The van der Waals surface area contributed by atoms with Gasteiger partial charge in [0.2, 0.25) is 11.6 Å². The molecule has 0 radical (unpaired) electrons. The maximum absolute atomic E-state index is 12.9. The summed E-state index contributed by atoms with van der Waals surface area (Å²) in [6.45, 7) is 0. The minimum atomic E-state index is -5.88. The molecule has 0 aliphatic rings. The van der Waals surface area contributed by atoms with E-state index in [0.717, 1.165) is 0 Å². The quantitative estimate of drug-likeness (QED) is 0.289. The van der Waals surface area contributed by atoms with Crippen LogP contribution in [0, 0.1) is 0 Å². The molecule has 0 aliphatic carbocycles. The molecule has 6 nitrogen and oxygen atoms in total. The van der Waals surface area contributed by atoms with Crippen molar-refractivity contribution in [2.24, 2.45) is 0 Å². The van der Waals surface area contributed by atoms with Crippen LogP contribution in [-0.4, -0.2) is 58.4 Å². The Bertz CT molecular complexity index is 556. The SMILES string of the molecule is O=C(O)/C(C(=O)C(F)(F)C(F)F)=C(\C(=O)O)C(=O)C(F)(F)C(F)F. The zero-order valence-corrected chi connectivity index (χ0v) is 10.7. The first kappa shape index (κ1) is 21.5. The van der Waals surface area contributed by atoms with Gasteiger partial charge < -0.3 is 10.2 Å². The third-order valence-electron chi connectivity index (χ3n) is 2.29. The topological polar surface area (TPSA) is 109 Å². The third-order valence-corrected chi connectivity index (χ3v) is 2.29. The second-order valence-corrected chi connectivity index (χ2v) is 3.87. The molecule has 2 N–H and O–H groups in total. The predicted molar refractivity (Wildman–Crippen MR) is 54.2 cm³/mol. The molecule has 0 aromatic rings. The number of carbonyl (C=O) groups is 4. The maximum Gasteiger partial charge on any atom is 0.369 e. The lowest BCUT2D eigenvalue weighted by Gasteiger charge is -2.18. The smallest absolute Gasteiger partial charge is 0.369 e. The highest BCUT2D eigenvalue weighted by atomic mass is 19.3. The Labute approximate surface area is 125 Å². The summed E-state index contributed by atoms with van der Waals surface area (Å²) in [6, 6.07) is 0. The molecule has 0 rings (SSSR count). The van der Waals surface area contributed by atoms with E-state index in [1.165, 1.54) is 0 Å². The fourth-order valence-corrected chi connectivity index (χ4v) is 1.17. The lowest BCUT2D eigenvalue weighted by atomic mass is 9.94. The average Bonchev–Trinajstić information content (AvgIpc) is 2.41. The van der Waals surface area contributed by atoms with Gasteiger partial charge in [0.15, 0.2) is 0 Å². The van der Waals surface area contributed by atoms with Gasteiger partial charge >= 0.3 is 36.6 Å². The second kappa shape index (κ2) is 6.92. The Morgan fingerprint density at radius 2 is 0.833 bits per heavy atom. The summed E-state index contributed by atoms with van der Waals surface area (Å²) in [7, 11) is 0. The van der Waals surface area contributed by atoms with Crippen LogP contribution in [0.3, 0.4) is 0 Å². The molecule has 0 aromatic carbocycles. The molecule has 0 heterocycles. The molecule has 0 fully saturated rings. The highest BCUT2D eigenvalue weighted by Gasteiger charge is 2.57. The zero-order valence-electron chi connectivity index (χ0n) is 10.7. The molecule has 0 atom stereocenters. The van der Waals surface area contributed by atoms with E-state index in [2.05, 4.69) is 0 Å². The van der Waals surface area contributed by atoms with Crippen molar-refractivity contribution >= 4 is 23.5 Å². The number of aliphatic carboxylic acids is 2. The highest BCUT2D eigenvalue weighted by molar-refractivity contribution is 6.32. The van der Waals surface area contributed by atoms with Crippen molar-refractivity contribution in [2.45, 2.75) is 24.7 Å². The number of ketones is 2. The van der Waals surface area contributed by atoms with Gasteiger partial charge in [0, 0.05) is 0 Å². The van der Waals surface area contributed by atoms with Gasteiger partial charge in [0.05, 0.1) is 0 Å². The summed E-state index contributed by atoms with van der Waals surface area (Å²) in [4.78, 5) is 43.5. The molecule has 0 spiro atoms.